The van der Waals surface area contributed by atoms with Gasteiger partial charge in [-0.25, -0.2) is 14.1 Å². The molecule has 7 nitrogen and oxygen atoms in total. The maximum absolute atomic E-state index is 13.6. The molecule has 4 atom stereocenters. The smallest absolute Gasteiger partial charge is 0.339 e. The lowest BCUT2D eigenvalue weighted by atomic mass is 9.85. The maximum atomic E-state index is 13.6. The summed E-state index contributed by atoms with van der Waals surface area (Å²) in [6.45, 7) is 0.620. The predicted molar refractivity (Wildman–Crippen MR) is 112 cm³/mol. The Morgan fingerprint density at radius 2 is 1.69 bits per heavy atom. The van der Waals surface area contributed by atoms with E-state index in [1.807, 2.05) is 4.90 Å². The summed E-state index contributed by atoms with van der Waals surface area (Å²) in [6.07, 6.45) is 1.53. The third-order valence-electron chi connectivity index (χ3n) is 6.80. The van der Waals surface area contributed by atoms with Gasteiger partial charge in [0.2, 0.25) is 11.8 Å². The molecule has 0 spiro atoms. The molecule has 2 aromatic carbocycles. The Morgan fingerprint density at radius 3 is 2.41 bits per heavy atom. The first kappa shape index (κ1) is 20.5. The summed E-state index contributed by atoms with van der Waals surface area (Å²) in [6, 6.07) is 10.5. The number of carbonyl (C=O) groups excluding carboxylic acids is 4. The highest BCUT2D eigenvalue weighted by atomic mass is 19.1. The number of imide groups is 1. The number of fused-ring (bicyclic) bond motifs is 3. The summed E-state index contributed by atoms with van der Waals surface area (Å²) in [7, 11) is 1.23. The minimum Gasteiger partial charge on any atom is -0.465 e. The molecular formula is C24H21FN2O5. The Kier molecular flexibility index (Phi) is 4.89. The lowest BCUT2D eigenvalue weighted by molar-refractivity contribution is -0.123. The van der Waals surface area contributed by atoms with Crippen molar-refractivity contribution in [2.45, 2.75) is 24.9 Å². The van der Waals surface area contributed by atoms with Gasteiger partial charge in [0.25, 0.3) is 0 Å². The summed E-state index contributed by atoms with van der Waals surface area (Å²) in [5.41, 5.74) is 0.582. The molecule has 0 unspecified atom stereocenters. The lowest BCUT2D eigenvalue weighted by Gasteiger charge is -2.28. The molecule has 0 aromatic heterocycles. The summed E-state index contributed by atoms with van der Waals surface area (Å²) in [5.74, 6) is -3.81. The van der Waals surface area contributed by atoms with Gasteiger partial charge < -0.3 is 4.74 Å². The number of benzene rings is 2. The monoisotopic (exact) mass is 436 g/mol. The fourth-order valence-corrected chi connectivity index (χ4v) is 5.49. The second-order valence-electron chi connectivity index (χ2n) is 8.34. The molecule has 3 aliphatic rings. The molecule has 0 aliphatic carbocycles. The van der Waals surface area contributed by atoms with E-state index >= 15 is 0 Å². The first-order valence-electron chi connectivity index (χ1n) is 10.5. The highest BCUT2D eigenvalue weighted by Gasteiger charge is 2.65. The minimum absolute atomic E-state index is 0.112. The fraction of sp³-hybridized carbons (Fsp3) is 0.333. The van der Waals surface area contributed by atoms with E-state index in [9.17, 15) is 23.6 Å². The van der Waals surface area contributed by atoms with Crippen molar-refractivity contribution in [2.75, 3.05) is 18.6 Å². The van der Waals surface area contributed by atoms with E-state index in [0.717, 1.165) is 11.3 Å². The molecule has 32 heavy (non-hydrogen) atoms. The Morgan fingerprint density at radius 1 is 1.00 bits per heavy atom. The van der Waals surface area contributed by atoms with Crippen LogP contribution in [-0.4, -0.2) is 54.2 Å². The van der Waals surface area contributed by atoms with Crippen molar-refractivity contribution in [1.29, 1.82) is 0 Å². The van der Waals surface area contributed by atoms with Crippen LogP contribution in [0.2, 0.25) is 0 Å². The van der Waals surface area contributed by atoms with Crippen molar-refractivity contribution >= 4 is 29.3 Å². The van der Waals surface area contributed by atoms with Crippen LogP contribution in [0.3, 0.4) is 0 Å². The van der Waals surface area contributed by atoms with Gasteiger partial charge in [0.05, 0.1) is 36.2 Å². The van der Waals surface area contributed by atoms with E-state index in [1.165, 1.54) is 43.5 Å². The topological polar surface area (TPSA) is 84.0 Å². The first-order valence-corrected chi connectivity index (χ1v) is 10.5. The number of amides is 2. The zero-order valence-electron chi connectivity index (χ0n) is 17.4. The Bertz CT molecular complexity index is 1130. The quantitative estimate of drug-likeness (QED) is 0.416. The number of halogens is 1. The minimum atomic E-state index is -0.851. The van der Waals surface area contributed by atoms with Gasteiger partial charge >= 0.3 is 5.97 Å². The fourth-order valence-electron chi connectivity index (χ4n) is 5.49. The second-order valence-corrected chi connectivity index (χ2v) is 8.34. The standard InChI is InChI=1S/C24H21FN2O5/c1-32-24(31)15-5-2-3-6-16(15)27-22(29)18-17-7-4-12-26(17)20(19(18)23(27)30)21(28)13-8-10-14(25)11-9-13/h2-3,5-6,8-11,17-20H,4,7,12H2,1H3/t17-,18+,19+,20-/m1/s1. The summed E-state index contributed by atoms with van der Waals surface area (Å²) in [4.78, 5) is 55.8. The van der Waals surface area contributed by atoms with Gasteiger partial charge in [-0.2, -0.15) is 0 Å². The van der Waals surface area contributed by atoms with Crippen LogP contribution < -0.4 is 4.90 Å². The molecule has 0 radical (unpaired) electrons. The number of Topliss-reactive ketones (excluding diaryl/α,β-unsaturated/α-hetero) is 1. The van der Waals surface area contributed by atoms with Crippen LogP contribution in [0.1, 0.15) is 33.6 Å². The molecule has 3 aliphatic heterocycles. The van der Waals surface area contributed by atoms with Crippen LogP contribution in [0, 0.1) is 17.7 Å². The number of hydrogen-bond donors (Lipinski definition) is 0. The van der Waals surface area contributed by atoms with Crippen molar-refractivity contribution in [3.63, 3.8) is 0 Å². The number of nitrogens with zero attached hydrogens (tertiary/aromatic N) is 2. The average Bonchev–Trinajstić information content (AvgIpc) is 3.45. The number of ether oxygens (including phenoxy) is 1. The van der Waals surface area contributed by atoms with Crippen molar-refractivity contribution in [2.24, 2.45) is 11.8 Å². The SMILES string of the molecule is COC(=O)c1ccccc1N1C(=O)[C@@H]2[C@H](C1=O)[C@H](C(=O)c1ccc(F)cc1)N1CCC[C@H]21. The molecule has 3 saturated heterocycles. The maximum Gasteiger partial charge on any atom is 0.339 e. The van der Waals surface area contributed by atoms with Crippen molar-refractivity contribution < 1.29 is 28.3 Å². The largest absolute Gasteiger partial charge is 0.465 e. The second kappa shape index (κ2) is 7.63. The highest BCUT2D eigenvalue weighted by molar-refractivity contribution is 6.26. The van der Waals surface area contributed by atoms with Gasteiger partial charge in [-0.1, -0.05) is 12.1 Å². The van der Waals surface area contributed by atoms with E-state index < -0.39 is 41.5 Å². The number of ketones is 1. The van der Waals surface area contributed by atoms with Gasteiger partial charge in [-0.15, -0.1) is 0 Å². The molecule has 0 N–H and O–H groups in total. The number of para-hydroxylation sites is 1. The van der Waals surface area contributed by atoms with Crippen molar-refractivity contribution in [3.05, 3.63) is 65.5 Å². The molecule has 164 valence electrons. The van der Waals surface area contributed by atoms with Crippen LogP contribution >= 0.6 is 0 Å². The molecule has 3 fully saturated rings. The third kappa shape index (κ3) is 2.90. The van der Waals surface area contributed by atoms with Crippen molar-refractivity contribution in [3.8, 4) is 0 Å². The van der Waals surface area contributed by atoms with E-state index in [2.05, 4.69) is 0 Å². The molecule has 8 heteroatoms. The van der Waals surface area contributed by atoms with Crippen LogP contribution in [-0.2, 0) is 14.3 Å². The summed E-state index contributed by atoms with van der Waals surface area (Å²) < 4.78 is 18.2. The van der Waals surface area contributed by atoms with Gasteiger partial charge in [-0.3, -0.25) is 19.3 Å². The van der Waals surface area contributed by atoms with E-state index in [1.54, 1.807) is 12.1 Å². The molecule has 5 rings (SSSR count). The van der Waals surface area contributed by atoms with Crippen LogP contribution in [0.25, 0.3) is 0 Å². The van der Waals surface area contributed by atoms with E-state index in [4.69, 9.17) is 4.74 Å². The number of hydrogen-bond acceptors (Lipinski definition) is 6. The third-order valence-corrected chi connectivity index (χ3v) is 6.80. The van der Waals surface area contributed by atoms with Gasteiger partial charge in [0.1, 0.15) is 5.82 Å². The van der Waals surface area contributed by atoms with Crippen LogP contribution in [0.15, 0.2) is 48.5 Å². The Hall–Kier alpha value is -3.39. The van der Waals surface area contributed by atoms with Gasteiger partial charge in [0.15, 0.2) is 5.78 Å². The number of rotatable bonds is 4. The Balaban J connectivity index is 1.56. The van der Waals surface area contributed by atoms with Crippen LogP contribution in [0.4, 0.5) is 10.1 Å². The number of methoxy groups -OCH3 is 1. The van der Waals surface area contributed by atoms with E-state index in [-0.39, 0.29) is 23.1 Å². The molecular weight excluding hydrogens is 415 g/mol. The molecule has 0 saturated carbocycles. The number of carbonyl (C=O) groups is 4. The van der Waals surface area contributed by atoms with E-state index in [0.29, 0.717) is 18.5 Å². The zero-order valence-corrected chi connectivity index (χ0v) is 17.4. The number of esters is 1. The molecule has 0 bridgehead atoms. The predicted octanol–water partition coefficient (Wildman–Crippen LogP) is 2.45. The van der Waals surface area contributed by atoms with Crippen molar-refractivity contribution in [1.82, 2.24) is 4.90 Å². The number of anilines is 1. The van der Waals surface area contributed by atoms with Gasteiger partial charge in [-0.05, 0) is 55.8 Å². The first-order chi connectivity index (χ1) is 15.4. The normalized spacial score (nSPS) is 26.9. The molecule has 3 heterocycles. The lowest BCUT2D eigenvalue weighted by Crippen LogP contribution is -2.46. The van der Waals surface area contributed by atoms with Gasteiger partial charge in [0, 0.05) is 11.6 Å². The highest BCUT2D eigenvalue weighted by Crippen LogP contribution is 2.48. The Labute approximate surface area is 183 Å². The summed E-state index contributed by atoms with van der Waals surface area (Å²) in [5, 5.41) is 0. The molecule has 2 amide bonds. The molecule has 2 aromatic rings. The zero-order chi connectivity index (χ0) is 22.6. The summed E-state index contributed by atoms with van der Waals surface area (Å²) >= 11 is 0. The average molecular weight is 436 g/mol. The van der Waals surface area contributed by atoms with Crippen LogP contribution in [0.5, 0.6) is 0 Å².